The van der Waals surface area contributed by atoms with E-state index in [2.05, 4.69) is 25.6 Å². The van der Waals surface area contributed by atoms with Gasteiger partial charge in [-0.3, -0.25) is 14.3 Å². The second-order valence-electron chi connectivity index (χ2n) is 15.0. The SMILES string of the molecule is Cc1cc(C)c(C(C)(C)CC(=O)OCn2nc(C3CC(F)C(OC(=O)NC4(C)CC4)C3)cc2NC(=O)c2cc(COCC(F)(F)F)nn2C)c(OP(O)O)c1. The van der Waals surface area contributed by atoms with Crippen molar-refractivity contribution >= 4 is 32.4 Å². The number of hydrogen-bond acceptors (Lipinski definition) is 11. The van der Waals surface area contributed by atoms with Gasteiger partial charge in [0, 0.05) is 35.5 Å². The van der Waals surface area contributed by atoms with Crippen LogP contribution in [0.3, 0.4) is 0 Å². The van der Waals surface area contributed by atoms with Gasteiger partial charge in [-0.15, -0.1) is 0 Å². The van der Waals surface area contributed by atoms with Gasteiger partial charge < -0.3 is 39.2 Å². The minimum Gasteiger partial charge on any atom is -0.443 e. The monoisotopic (exact) mass is 800 g/mol. The predicted octanol–water partition coefficient (Wildman–Crippen LogP) is 5.89. The molecular weight excluding hydrogens is 755 g/mol. The molecule has 55 heavy (non-hydrogen) atoms. The number of nitrogens with one attached hydrogen (secondary N) is 2. The highest BCUT2D eigenvalue weighted by Crippen LogP contribution is 2.43. The Morgan fingerprint density at radius 2 is 1.78 bits per heavy atom. The third-order valence-corrected chi connectivity index (χ3v) is 9.82. The molecule has 1 aromatic carbocycles. The van der Waals surface area contributed by atoms with Gasteiger partial charge in [0.15, 0.2) is 6.73 Å². The first-order valence-electron chi connectivity index (χ1n) is 17.4. The number of aryl methyl sites for hydroxylation is 3. The van der Waals surface area contributed by atoms with Crippen molar-refractivity contribution in [2.24, 2.45) is 7.05 Å². The van der Waals surface area contributed by atoms with E-state index in [9.17, 15) is 37.3 Å². The van der Waals surface area contributed by atoms with Gasteiger partial charge in [-0.05, 0) is 69.7 Å². The number of benzene rings is 1. The number of rotatable bonds is 15. The molecule has 2 aliphatic rings. The van der Waals surface area contributed by atoms with Crippen molar-refractivity contribution in [2.75, 3.05) is 11.9 Å². The molecule has 2 saturated carbocycles. The molecule has 15 nitrogen and oxygen atoms in total. The van der Waals surface area contributed by atoms with E-state index in [-0.39, 0.29) is 47.8 Å². The average molecular weight is 801 g/mol. The fourth-order valence-corrected chi connectivity index (χ4v) is 7.04. The van der Waals surface area contributed by atoms with Crippen molar-refractivity contribution < 1.29 is 60.5 Å². The number of hydrogen-bond donors (Lipinski definition) is 4. The standard InChI is InChI=1S/C35H45F4N6O9P/c1-19-9-20(2)30(27(10-19)54-55(49)50)33(3,4)15-29(46)52-18-45-28(40-31(47)25-13-22(42-44(25)6)16-51-17-35(37,38)39)14-24(43-45)21-11-23(36)26(12-21)53-32(48)41-34(5)7-8-34/h9-10,13-14,21,23,26,49-50H,7-8,11-12,15-18H2,1-6H3,(H,40,47)(H,41,48). The minimum atomic E-state index is -4.54. The third-order valence-electron chi connectivity index (χ3n) is 9.46. The molecule has 0 spiro atoms. The van der Waals surface area contributed by atoms with Crippen LogP contribution >= 0.6 is 8.60 Å². The van der Waals surface area contributed by atoms with Gasteiger partial charge in [-0.1, -0.05) is 19.9 Å². The van der Waals surface area contributed by atoms with Crippen molar-refractivity contribution in [1.29, 1.82) is 0 Å². The number of anilines is 1. The summed E-state index contributed by atoms with van der Waals surface area (Å²) in [6.07, 6.45) is -6.33. The maximum Gasteiger partial charge on any atom is 0.411 e. The number of esters is 1. The molecule has 5 rings (SSSR count). The van der Waals surface area contributed by atoms with Crippen LogP contribution in [0, 0.1) is 13.8 Å². The van der Waals surface area contributed by atoms with Gasteiger partial charge >= 0.3 is 26.8 Å². The number of alkyl carbamates (subject to hydrolysis) is 1. The van der Waals surface area contributed by atoms with Crippen molar-refractivity contribution in [2.45, 2.75) is 115 Å². The van der Waals surface area contributed by atoms with Gasteiger partial charge in [0.2, 0.25) is 0 Å². The molecule has 0 radical (unpaired) electrons. The summed E-state index contributed by atoms with van der Waals surface area (Å²) >= 11 is 0. The second-order valence-corrected chi connectivity index (χ2v) is 15.7. The van der Waals surface area contributed by atoms with Crippen molar-refractivity contribution in [1.82, 2.24) is 24.9 Å². The Balaban J connectivity index is 1.33. The van der Waals surface area contributed by atoms with Crippen molar-refractivity contribution in [3.8, 4) is 5.75 Å². The fourth-order valence-electron chi connectivity index (χ4n) is 6.72. The van der Waals surface area contributed by atoms with E-state index in [0.29, 0.717) is 11.3 Å². The summed E-state index contributed by atoms with van der Waals surface area (Å²) in [5.41, 5.74) is 1.21. The maximum absolute atomic E-state index is 15.2. The number of carbonyl (C=O) groups excluding carboxylic acids is 3. The molecule has 3 unspecified atom stereocenters. The van der Waals surface area contributed by atoms with E-state index in [1.165, 1.54) is 23.9 Å². The van der Waals surface area contributed by atoms with Crippen LogP contribution in [0.1, 0.15) is 97.4 Å². The van der Waals surface area contributed by atoms with Crippen LogP contribution in [0.4, 0.5) is 28.2 Å². The number of amides is 2. The molecule has 3 atom stereocenters. The molecule has 0 saturated heterocycles. The van der Waals surface area contributed by atoms with Gasteiger partial charge in [-0.2, -0.15) is 23.4 Å². The molecule has 2 amide bonds. The first-order valence-corrected chi connectivity index (χ1v) is 18.6. The largest absolute Gasteiger partial charge is 0.443 e. The number of ether oxygens (including phenoxy) is 3. The summed E-state index contributed by atoms with van der Waals surface area (Å²) in [6, 6.07) is 6.25. The highest BCUT2D eigenvalue weighted by atomic mass is 31.2. The van der Waals surface area contributed by atoms with Crippen LogP contribution in [0.2, 0.25) is 0 Å². The predicted molar refractivity (Wildman–Crippen MR) is 189 cm³/mol. The smallest absolute Gasteiger partial charge is 0.411 e. The molecule has 302 valence electrons. The number of alkyl halides is 4. The summed E-state index contributed by atoms with van der Waals surface area (Å²) in [6.45, 7) is 6.53. The van der Waals surface area contributed by atoms with Crippen LogP contribution in [0.25, 0.3) is 0 Å². The van der Waals surface area contributed by atoms with E-state index in [1.807, 2.05) is 19.9 Å². The lowest BCUT2D eigenvalue weighted by Crippen LogP contribution is -2.38. The Morgan fingerprint density at radius 1 is 1.07 bits per heavy atom. The molecule has 0 bridgehead atoms. The van der Waals surface area contributed by atoms with E-state index in [0.717, 1.165) is 28.7 Å². The van der Waals surface area contributed by atoms with Gasteiger partial charge in [0.1, 0.15) is 36.1 Å². The minimum absolute atomic E-state index is 0.0342. The Kier molecular flexibility index (Phi) is 12.5. The Morgan fingerprint density at radius 3 is 2.44 bits per heavy atom. The summed E-state index contributed by atoms with van der Waals surface area (Å²) in [4.78, 5) is 58.3. The lowest BCUT2D eigenvalue weighted by Gasteiger charge is -2.29. The lowest BCUT2D eigenvalue weighted by molar-refractivity contribution is -0.176. The fraction of sp³-hybridized carbons (Fsp3) is 0.571. The van der Waals surface area contributed by atoms with E-state index in [4.69, 9.17) is 14.0 Å². The second kappa shape index (κ2) is 16.4. The lowest BCUT2D eigenvalue weighted by atomic mass is 9.78. The van der Waals surface area contributed by atoms with Crippen LogP contribution in [-0.4, -0.2) is 77.9 Å². The van der Waals surface area contributed by atoms with E-state index < -0.39 is 76.3 Å². The first kappa shape index (κ1) is 41.8. The molecule has 2 aliphatic carbocycles. The number of carbonyl (C=O) groups is 3. The van der Waals surface area contributed by atoms with Crippen LogP contribution in [0.5, 0.6) is 5.75 Å². The molecule has 0 aliphatic heterocycles. The number of halogens is 4. The molecule has 20 heteroatoms. The molecule has 2 aromatic heterocycles. The molecule has 3 aromatic rings. The highest BCUT2D eigenvalue weighted by Gasteiger charge is 2.43. The summed E-state index contributed by atoms with van der Waals surface area (Å²) in [5.74, 6) is -1.69. The summed E-state index contributed by atoms with van der Waals surface area (Å²) in [7, 11) is -1.32. The van der Waals surface area contributed by atoms with Crippen LogP contribution in [0.15, 0.2) is 24.3 Å². The Bertz CT molecular complexity index is 1900. The number of aromatic nitrogens is 4. The Hall–Kier alpha value is -4.32. The average Bonchev–Trinajstić information content (AvgIpc) is 3.31. The molecular formula is C35H45F4N6O9P. The number of nitrogens with zero attached hydrogens (tertiary/aromatic N) is 4. The Labute approximate surface area is 315 Å². The first-order chi connectivity index (χ1) is 25.6. The third kappa shape index (κ3) is 11.1. The molecule has 4 N–H and O–H groups in total. The quantitative estimate of drug-likeness (QED) is 0.0816. The summed E-state index contributed by atoms with van der Waals surface area (Å²) in [5, 5.41) is 14.0. The normalized spacial score (nSPS) is 19.3. The van der Waals surface area contributed by atoms with E-state index in [1.54, 1.807) is 26.8 Å². The van der Waals surface area contributed by atoms with Crippen molar-refractivity contribution in [3.05, 3.63) is 58.0 Å². The highest BCUT2D eigenvalue weighted by molar-refractivity contribution is 7.39. The van der Waals surface area contributed by atoms with Crippen LogP contribution in [-0.2, 0) is 44.8 Å². The van der Waals surface area contributed by atoms with Gasteiger partial charge in [0.05, 0.1) is 24.4 Å². The van der Waals surface area contributed by atoms with Crippen molar-refractivity contribution in [3.63, 3.8) is 0 Å². The zero-order valence-electron chi connectivity index (χ0n) is 31.2. The topological polar surface area (TPSA) is 188 Å². The molecule has 2 fully saturated rings. The summed E-state index contributed by atoms with van der Waals surface area (Å²) < 4.78 is 76.2. The molecule has 2 heterocycles. The van der Waals surface area contributed by atoms with Gasteiger partial charge in [-0.25, -0.2) is 13.9 Å². The van der Waals surface area contributed by atoms with Crippen LogP contribution < -0.4 is 15.2 Å². The van der Waals surface area contributed by atoms with Gasteiger partial charge in [0.25, 0.3) is 5.91 Å². The van der Waals surface area contributed by atoms with E-state index >= 15 is 4.39 Å². The zero-order chi connectivity index (χ0) is 40.5. The maximum atomic E-state index is 15.2. The zero-order valence-corrected chi connectivity index (χ0v) is 32.1.